The van der Waals surface area contributed by atoms with Crippen molar-refractivity contribution in [1.29, 1.82) is 0 Å². The van der Waals surface area contributed by atoms with E-state index in [4.69, 9.17) is 0 Å². The van der Waals surface area contributed by atoms with Crippen LogP contribution in [0.5, 0.6) is 0 Å². The molecule has 2 aromatic carbocycles. The molecule has 0 aliphatic rings. The Hall–Kier alpha value is -0.800. The zero-order valence-electron chi connectivity index (χ0n) is 10.7. The molecule has 0 radical (unpaired) electrons. The summed E-state index contributed by atoms with van der Waals surface area (Å²) in [7, 11) is 0. The molecule has 3 heteroatoms. The van der Waals surface area contributed by atoms with Gasteiger partial charge in [0.1, 0.15) is 0 Å². The topological polar surface area (TPSA) is 12.0 Å². The lowest BCUT2D eigenvalue weighted by atomic mass is 10.1. The highest BCUT2D eigenvalue weighted by Gasteiger charge is 1.99. The molecule has 0 fully saturated rings. The van der Waals surface area contributed by atoms with Gasteiger partial charge in [-0.2, -0.15) is 0 Å². The van der Waals surface area contributed by atoms with E-state index in [1.807, 2.05) is 0 Å². The summed E-state index contributed by atoms with van der Waals surface area (Å²) in [5.41, 5.74) is 2.58. The van der Waals surface area contributed by atoms with Gasteiger partial charge >= 0.3 is 0 Å². The van der Waals surface area contributed by atoms with Gasteiger partial charge in [0.25, 0.3) is 0 Å². The van der Waals surface area contributed by atoms with E-state index < -0.39 is 0 Å². The predicted octanol–water partition coefficient (Wildman–Crippen LogP) is 5.65. The quantitative estimate of drug-likeness (QED) is 0.636. The predicted molar refractivity (Wildman–Crippen MR) is 89.7 cm³/mol. The molecule has 0 aliphatic heterocycles. The van der Waals surface area contributed by atoms with E-state index in [0.29, 0.717) is 0 Å². The minimum Gasteiger partial charge on any atom is -0.384 e. The summed E-state index contributed by atoms with van der Waals surface area (Å²) in [5.74, 6) is 0. The fourth-order valence-electron chi connectivity index (χ4n) is 1.95. The molecule has 100 valence electrons. The maximum absolute atomic E-state index is 3.56. The molecule has 2 aromatic rings. The number of halogens is 2. The lowest BCUT2D eigenvalue weighted by molar-refractivity contribution is 0.763. The van der Waals surface area contributed by atoms with Crippen LogP contribution >= 0.6 is 31.9 Å². The maximum atomic E-state index is 3.56. The molecule has 0 saturated heterocycles. The number of nitrogens with one attached hydrogen (secondary N) is 1. The molecule has 0 bridgehead atoms. The summed E-state index contributed by atoms with van der Waals surface area (Å²) in [6, 6.07) is 16.9. The molecular weight excluding hydrogens is 366 g/mol. The summed E-state index contributed by atoms with van der Waals surface area (Å²) >= 11 is 7.02. The maximum Gasteiger partial charge on any atom is 0.0485 e. The number of aryl methyl sites for hydroxylation is 1. The van der Waals surface area contributed by atoms with Crippen molar-refractivity contribution in [1.82, 2.24) is 0 Å². The second kappa shape index (κ2) is 7.71. The highest BCUT2D eigenvalue weighted by Crippen LogP contribution is 2.26. The molecule has 0 aromatic heterocycles. The second-order valence-electron chi connectivity index (χ2n) is 4.49. The molecule has 0 saturated carbocycles. The van der Waals surface area contributed by atoms with Gasteiger partial charge in [-0.3, -0.25) is 0 Å². The number of hydrogen-bond donors (Lipinski definition) is 1. The first kappa shape index (κ1) is 14.6. The van der Waals surface area contributed by atoms with Gasteiger partial charge < -0.3 is 5.32 Å². The van der Waals surface area contributed by atoms with Crippen LogP contribution in [0.1, 0.15) is 18.4 Å². The van der Waals surface area contributed by atoms with Crippen molar-refractivity contribution in [2.75, 3.05) is 11.9 Å². The SMILES string of the molecule is Brc1ccc(NCCCCc2ccccc2)c(Br)c1. The van der Waals surface area contributed by atoms with Crippen LogP contribution in [0.2, 0.25) is 0 Å². The molecule has 0 unspecified atom stereocenters. The average molecular weight is 383 g/mol. The number of benzene rings is 2. The molecule has 0 aliphatic carbocycles. The Morgan fingerprint density at radius 3 is 2.42 bits per heavy atom. The Morgan fingerprint density at radius 1 is 0.895 bits per heavy atom. The monoisotopic (exact) mass is 381 g/mol. The zero-order chi connectivity index (χ0) is 13.5. The Bertz CT molecular complexity index is 511. The first-order valence-electron chi connectivity index (χ1n) is 6.48. The number of rotatable bonds is 6. The molecular formula is C16H17Br2N. The third-order valence-electron chi connectivity index (χ3n) is 2.98. The largest absolute Gasteiger partial charge is 0.384 e. The fraction of sp³-hybridized carbons (Fsp3) is 0.250. The number of hydrogen-bond acceptors (Lipinski definition) is 1. The van der Waals surface area contributed by atoms with Crippen molar-refractivity contribution >= 4 is 37.5 Å². The highest BCUT2D eigenvalue weighted by molar-refractivity contribution is 9.11. The number of anilines is 1. The highest BCUT2D eigenvalue weighted by atomic mass is 79.9. The summed E-state index contributed by atoms with van der Waals surface area (Å²) in [6.45, 7) is 1.01. The van der Waals surface area contributed by atoms with Gasteiger partial charge in [0, 0.05) is 21.2 Å². The van der Waals surface area contributed by atoms with Crippen LogP contribution in [-0.4, -0.2) is 6.54 Å². The summed E-state index contributed by atoms with van der Waals surface area (Å²) in [4.78, 5) is 0. The third kappa shape index (κ3) is 5.00. The fourth-order valence-corrected chi connectivity index (χ4v) is 3.14. The molecule has 0 heterocycles. The molecule has 0 spiro atoms. The Kier molecular flexibility index (Phi) is 5.93. The molecule has 1 N–H and O–H groups in total. The van der Waals surface area contributed by atoms with E-state index in [2.05, 4.69) is 85.7 Å². The minimum atomic E-state index is 1.01. The normalized spacial score (nSPS) is 10.4. The summed E-state index contributed by atoms with van der Waals surface area (Å²) < 4.78 is 2.19. The molecule has 0 amide bonds. The van der Waals surface area contributed by atoms with Crippen LogP contribution in [0.25, 0.3) is 0 Å². The first-order valence-corrected chi connectivity index (χ1v) is 8.07. The van der Waals surface area contributed by atoms with Crippen LogP contribution in [0, 0.1) is 0 Å². The van der Waals surface area contributed by atoms with E-state index in [-0.39, 0.29) is 0 Å². The van der Waals surface area contributed by atoms with E-state index in [9.17, 15) is 0 Å². The Morgan fingerprint density at radius 2 is 1.68 bits per heavy atom. The summed E-state index contributed by atoms with van der Waals surface area (Å²) in [5, 5.41) is 3.46. The van der Waals surface area contributed by atoms with Crippen LogP contribution in [0.15, 0.2) is 57.5 Å². The van der Waals surface area contributed by atoms with Crippen molar-refractivity contribution < 1.29 is 0 Å². The van der Waals surface area contributed by atoms with Crippen LogP contribution < -0.4 is 5.32 Å². The standard InChI is InChI=1S/C16H17Br2N/c17-14-9-10-16(15(18)12-14)19-11-5-4-8-13-6-2-1-3-7-13/h1-3,6-7,9-10,12,19H,4-5,8,11H2. The van der Waals surface area contributed by atoms with Gasteiger partial charge in [-0.05, 0) is 59.0 Å². The molecule has 2 rings (SSSR count). The Balaban J connectivity index is 1.69. The van der Waals surface area contributed by atoms with Gasteiger partial charge in [-0.25, -0.2) is 0 Å². The van der Waals surface area contributed by atoms with Crippen molar-refractivity contribution in [3.05, 3.63) is 63.0 Å². The first-order chi connectivity index (χ1) is 9.25. The van der Waals surface area contributed by atoms with E-state index in [1.165, 1.54) is 18.4 Å². The van der Waals surface area contributed by atoms with E-state index in [1.54, 1.807) is 0 Å². The second-order valence-corrected chi connectivity index (χ2v) is 6.26. The van der Waals surface area contributed by atoms with Crippen LogP contribution in [-0.2, 0) is 6.42 Å². The summed E-state index contributed by atoms with van der Waals surface area (Å²) in [6.07, 6.45) is 3.55. The smallest absolute Gasteiger partial charge is 0.0485 e. The van der Waals surface area contributed by atoms with Crippen LogP contribution in [0.3, 0.4) is 0 Å². The number of unbranched alkanes of at least 4 members (excludes halogenated alkanes) is 1. The van der Waals surface area contributed by atoms with Gasteiger partial charge in [0.05, 0.1) is 0 Å². The van der Waals surface area contributed by atoms with Crippen molar-refractivity contribution in [2.45, 2.75) is 19.3 Å². The zero-order valence-corrected chi connectivity index (χ0v) is 13.9. The molecule has 1 nitrogen and oxygen atoms in total. The van der Waals surface area contributed by atoms with E-state index in [0.717, 1.165) is 27.6 Å². The average Bonchev–Trinajstić information content (AvgIpc) is 2.42. The van der Waals surface area contributed by atoms with Gasteiger partial charge in [-0.15, -0.1) is 0 Å². The minimum absolute atomic E-state index is 1.01. The van der Waals surface area contributed by atoms with Gasteiger partial charge in [0.15, 0.2) is 0 Å². The van der Waals surface area contributed by atoms with Crippen LogP contribution in [0.4, 0.5) is 5.69 Å². The van der Waals surface area contributed by atoms with Crippen molar-refractivity contribution in [2.24, 2.45) is 0 Å². The molecule has 0 atom stereocenters. The van der Waals surface area contributed by atoms with Gasteiger partial charge in [0.2, 0.25) is 0 Å². The lowest BCUT2D eigenvalue weighted by Crippen LogP contribution is -2.02. The third-order valence-corrected chi connectivity index (χ3v) is 4.13. The van der Waals surface area contributed by atoms with E-state index >= 15 is 0 Å². The molecule has 19 heavy (non-hydrogen) atoms. The van der Waals surface area contributed by atoms with Crippen molar-refractivity contribution in [3.8, 4) is 0 Å². The lowest BCUT2D eigenvalue weighted by Gasteiger charge is -2.08. The van der Waals surface area contributed by atoms with Gasteiger partial charge in [-0.1, -0.05) is 46.3 Å². The Labute approximate surface area is 131 Å². The van der Waals surface area contributed by atoms with Crippen molar-refractivity contribution in [3.63, 3.8) is 0 Å².